The summed E-state index contributed by atoms with van der Waals surface area (Å²) in [5.41, 5.74) is 1.77. The number of aromatic amines is 1. The zero-order valence-electron chi connectivity index (χ0n) is 9.48. The third-order valence-electron chi connectivity index (χ3n) is 2.10. The van der Waals surface area contributed by atoms with E-state index in [-0.39, 0.29) is 11.7 Å². The van der Waals surface area contributed by atoms with Gasteiger partial charge in [0.05, 0.1) is 18.1 Å². The molecule has 0 fully saturated rings. The molecular weight excluding hydrogens is 208 g/mol. The van der Waals surface area contributed by atoms with Gasteiger partial charge in [0.1, 0.15) is 0 Å². The molecule has 1 aromatic carbocycles. The molecule has 0 saturated heterocycles. The molecule has 0 aliphatic rings. The maximum absolute atomic E-state index is 11.0. The summed E-state index contributed by atoms with van der Waals surface area (Å²) < 4.78 is 5.70. The second-order valence-corrected chi connectivity index (χ2v) is 3.20. The van der Waals surface area contributed by atoms with Crippen molar-refractivity contribution >= 4 is 17.0 Å². The maximum atomic E-state index is 11.0. The third-order valence-corrected chi connectivity index (χ3v) is 2.10. The first-order valence-electron chi connectivity index (χ1n) is 4.74. The van der Waals surface area contributed by atoms with Gasteiger partial charge in [0.15, 0.2) is 0 Å². The Morgan fingerprint density at radius 2 is 1.94 bits per heavy atom. The van der Waals surface area contributed by atoms with E-state index in [0.717, 1.165) is 11.0 Å². The Bertz CT molecular complexity index is 539. The highest BCUT2D eigenvalue weighted by molar-refractivity contribution is 5.74. The molecule has 16 heavy (non-hydrogen) atoms. The van der Waals surface area contributed by atoms with Crippen molar-refractivity contribution in [2.75, 3.05) is 7.11 Å². The normalized spacial score (nSPS) is 9.44. The van der Waals surface area contributed by atoms with Crippen molar-refractivity contribution in [2.45, 2.75) is 6.92 Å². The molecule has 5 nitrogen and oxygen atoms in total. The number of carbonyl (C=O) groups excluding carboxylic acids is 1. The number of aryl methyl sites for hydroxylation is 1. The highest BCUT2D eigenvalue weighted by Gasteiger charge is 1.98. The minimum Gasteiger partial charge on any atom is -0.469 e. The highest BCUT2D eigenvalue weighted by atomic mass is 16.5. The fourth-order valence-corrected chi connectivity index (χ4v) is 1.18. The van der Waals surface area contributed by atoms with Crippen molar-refractivity contribution in [1.82, 2.24) is 9.55 Å². The zero-order valence-corrected chi connectivity index (χ0v) is 9.48. The Morgan fingerprint density at radius 3 is 2.44 bits per heavy atom. The van der Waals surface area contributed by atoms with Crippen LogP contribution in [0.2, 0.25) is 0 Å². The molecule has 0 aliphatic heterocycles. The number of aromatic nitrogens is 2. The van der Waals surface area contributed by atoms with Crippen LogP contribution in [-0.2, 0) is 16.6 Å². The Labute approximate surface area is 92.7 Å². The number of fused-ring (bicyclic) bond motifs is 1. The van der Waals surface area contributed by atoms with Crippen LogP contribution in [0.5, 0.6) is 0 Å². The first-order chi connectivity index (χ1) is 7.56. The molecule has 1 N–H and O–H groups in total. The Morgan fingerprint density at radius 1 is 1.38 bits per heavy atom. The second kappa shape index (κ2) is 5.16. The number of methoxy groups -OCH3 is 1. The van der Waals surface area contributed by atoms with Crippen LogP contribution in [0.4, 0.5) is 0 Å². The minimum atomic E-state index is -0.245. The molecule has 0 bridgehead atoms. The van der Waals surface area contributed by atoms with E-state index < -0.39 is 0 Å². The van der Waals surface area contributed by atoms with Crippen molar-refractivity contribution in [3.05, 3.63) is 34.7 Å². The van der Waals surface area contributed by atoms with Crippen LogP contribution in [0.25, 0.3) is 11.0 Å². The number of imidazole rings is 1. The molecular formula is C11H14N2O3. The first-order valence-corrected chi connectivity index (χ1v) is 4.74. The summed E-state index contributed by atoms with van der Waals surface area (Å²) in [6, 6.07) is 7.61. The fourth-order valence-electron chi connectivity index (χ4n) is 1.18. The highest BCUT2D eigenvalue weighted by Crippen LogP contribution is 2.06. The summed E-state index contributed by atoms with van der Waals surface area (Å²) >= 11 is 0. The number of H-pyrrole nitrogens is 1. The molecule has 0 spiro atoms. The van der Waals surface area contributed by atoms with Crippen LogP contribution in [0.15, 0.2) is 29.1 Å². The van der Waals surface area contributed by atoms with E-state index in [1.54, 1.807) is 11.6 Å². The Kier molecular flexibility index (Phi) is 3.88. The van der Waals surface area contributed by atoms with Gasteiger partial charge >= 0.3 is 11.7 Å². The van der Waals surface area contributed by atoms with Gasteiger partial charge in [-0.3, -0.25) is 9.36 Å². The number of nitrogens with one attached hydrogen (secondary N) is 1. The van der Waals surface area contributed by atoms with E-state index >= 15 is 0 Å². The lowest BCUT2D eigenvalue weighted by atomic mass is 10.3. The number of esters is 1. The van der Waals surface area contributed by atoms with Gasteiger partial charge in [-0.1, -0.05) is 12.1 Å². The van der Waals surface area contributed by atoms with Crippen LogP contribution in [0, 0.1) is 0 Å². The number of ether oxygens (including phenoxy) is 1. The Balaban J connectivity index is 0.000000221. The van der Waals surface area contributed by atoms with Crippen molar-refractivity contribution in [3.8, 4) is 0 Å². The molecule has 0 aliphatic carbocycles. The van der Waals surface area contributed by atoms with Crippen LogP contribution < -0.4 is 5.69 Å². The van der Waals surface area contributed by atoms with Gasteiger partial charge in [-0.05, 0) is 12.1 Å². The SMILES string of the molecule is COC(C)=O.Cn1c(=O)[nH]c2ccccc21. The average molecular weight is 222 g/mol. The maximum Gasteiger partial charge on any atom is 0.326 e. The average Bonchev–Trinajstić information content (AvgIpc) is 2.56. The number of carbonyl (C=O) groups is 1. The smallest absolute Gasteiger partial charge is 0.326 e. The molecule has 2 rings (SSSR count). The number of benzene rings is 1. The molecule has 0 atom stereocenters. The summed E-state index contributed by atoms with van der Waals surface area (Å²) in [4.78, 5) is 23.4. The van der Waals surface area contributed by atoms with Crippen LogP contribution >= 0.6 is 0 Å². The van der Waals surface area contributed by atoms with Crippen molar-refractivity contribution < 1.29 is 9.53 Å². The first kappa shape index (κ1) is 12.0. The predicted molar refractivity (Wildman–Crippen MR) is 61.2 cm³/mol. The van der Waals surface area contributed by atoms with Gasteiger partial charge in [0.25, 0.3) is 0 Å². The Hall–Kier alpha value is -2.04. The van der Waals surface area contributed by atoms with E-state index in [9.17, 15) is 9.59 Å². The number of para-hydroxylation sites is 2. The molecule has 0 unspecified atom stereocenters. The molecule has 0 amide bonds. The molecule has 2 aromatic rings. The molecule has 1 heterocycles. The largest absolute Gasteiger partial charge is 0.469 e. The standard InChI is InChI=1S/C8H8N2O.C3H6O2/c1-10-7-5-3-2-4-6(7)9-8(10)11;1-3(4)5-2/h2-5H,1H3,(H,9,11);1-2H3. The molecule has 1 aromatic heterocycles. The second-order valence-electron chi connectivity index (χ2n) is 3.20. The van der Waals surface area contributed by atoms with Crippen molar-refractivity contribution in [3.63, 3.8) is 0 Å². The van der Waals surface area contributed by atoms with Gasteiger partial charge in [-0.25, -0.2) is 4.79 Å². The number of nitrogens with zero attached hydrogens (tertiary/aromatic N) is 1. The third kappa shape index (κ3) is 2.73. The zero-order chi connectivity index (χ0) is 12.1. The summed E-state index contributed by atoms with van der Waals surface area (Å²) in [6.45, 7) is 1.36. The van der Waals surface area contributed by atoms with Crippen LogP contribution in [0.1, 0.15) is 6.92 Å². The lowest BCUT2D eigenvalue weighted by Gasteiger charge is -1.89. The fraction of sp³-hybridized carbons (Fsp3) is 0.273. The summed E-state index contributed by atoms with van der Waals surface area (Å²) in [7, 11) is 3.10. The predicted octanol–water partition coefficient (Wildman–Crippen LogP) is 1.05. The van der Waals surface area contributed by atoms with E-state index in [1.165, 1.54) is 14.0 Å². The van der Waals surface area contributed by atoms with Gasteiger partial charge in [0.2, 0.25) is 0 Å². The summed E-state index contributed by atoms with van der Waals surface area (Å²) in [5.74, 6) is -0.245. The summed E-state index contributed by atoms with van der Waals surface area (Å²) in [5, 5.41) is 0. The molecule has 0 radical (unpaired) electrons. The van der Waals surface area contributed by atoms with E-state index in [0.29, 0.717) is 0 Å². The monoisotopic (exact) mass is 222 g/mol. The van der Waals surface area contributed by atoms with Gasteiger partial charge in [0, 0.05) is 14.0 Å². The minimum absolute atomic E-state index is 0.0637. The molecule has 86 valence electrons. The number of hydrogen-bond acceptors (Lipinski definition) is 3. The molecule has 5 heteroatoms. The van der Waals surface area contributed by atoms with Crippen LogP contribution in [-0.4, -0.2) is 22.6 Å². The van der Waals surface area contributed by atoms with E-state index in [2.05, 4.69) is 9.72 Å². The van der Waals surface area contributed by atoms with Gasteiger partial charge < -0.3 is 9.72 Å². The lowest BCUT2D eigenvalue weighted by Crippen LogP contribution is -2.11. The van der Waals surface area contributed by atoms with Crippen molar-refractivity contribution in [1.29, 1.82) is 0 Å². The molecule has 0 saturated carbocycles. The summed E-state index contributed by atoms with van der Waals surface area (Å²) in [6.07, 6.45) is 0. The topological polar surface area (TPSA) is 64.1 Å². The van der Waals surface area contributed by atoms with Gasteiger partial charge in [-0.15, -0.1) is 0 Å². The van der Waals surface area contributed by atoms with E-state index in [4.69, 9.17) is 0 Å². The number of hydrogen-bond donors (Lipinski definition) is 1. The van der Waals surface area contributed by atoms with Crippen LogP contribution in [0.3, 0.4) is 0 Å². The van der Waals surface area contributed by atoms with E-state index in [1.807, 2.05) is 24.3 Å². The quantitative estimate of drug-likeness (QED) is 0.677. The number of rotatable bonds is 0. The lowest BCUT2D eigenvalue weighted by molar-refractivity contribution is -0.137. The van der Waals surface area contributed by atoms with Gasteiger partial charge in [-0.2, -0.15) is 0 Å². The van der Waals surface area contributed by atoms with Crippen molar-refractivity contribution in [2.24, 2.45) is 7.05 Å².